The summed E-state index contributed by atoms with van der Waals surface area (Å²) in [5.74, 6) is -0.183. The van der Waals surface area contributed by atoms with Crippen molar-refractivity contribution in [1.29, 1.82) is 5.26 Å². The quantitative estimate of drug-likeness (QED) is 0.611. The van der Waals surface area contributed by atoms with Gasteiger partial charge in [0, 0.05) is 16.4 Å². The standard InChI is InChI=1S/C14H16FIN2/c15-13-3-1-12(2-4-13)11-18-9-6-14(16,5-8-17)7-10-18/h1-4H,5-7,9-11H2. The lowest BCUT2D eigenvalue weighted by molar-refractivity contribution is 0.199. The molecule has 1 aromatic rings. The van der Waals surface area contributed by atoms with Gasteiger partial charge in [-0.25, -0.2) is 4.39 Å². The molecule has 0 aliphatic carbocycles. The van der Waals surface area contributed by atoms with Crippen molar-refractivity contribution in [2.45, 2.75) is 29.2 Å². The fourth-order valence-corrected chi connectivity index (χ4v) is 2.93. The molecule has 0 bridgehead atoms. The molecule has 1 saturated heterocycles. The monoisotopic (exact) mass is 358 g/mol. The van der Waals surface area contributed by atoms with Crippen molar-refractivity contribution < 1.29 is 4.39 Å². The van der Waals surface area contributed by atoms with Crippen LogP contribution in [0, 0.1) is 17.1 Å². The fourth-order valence-electron chi connectivity index (χ4n) is 2.28. The Morgan fingerprint density at radius 1 is 1.28 bits per heavy atom. The highest BCUT2D eigenvalue weighted by Gasteiger charge is 2.31. The summed E-state index contributed by atoms with van der Waals surface area (Å²) in [4.78, 5) is 2.38. The molecule has 96 valence electrons. The Labute approximate surface area is 121 Å². The molecule has 0 unspecified atom stereocenters. The number of nitrogens with zero attached hydrogens (tertiary/aromatic N) is 2. The first-order chi connectivity index (χ1) is 8.61. The molecule has 0 amide bonds. The minimum absolute atomic E-state index is 0.159. The van der Waals surface area contributed by atoms with Crippen LogP contribution in [-0.2, 0) is 6.54 Å². The van der Waals surface area contributed by atoms with Crippen molar-refractivity contribution >= 4 is 22.6 Å². The molecule has 1 aliphatic rings. The largest absolute Gasteiger partial charge is 0.299 e. The van der Waals surface area contributed by atoms with Gasteiger partial charge in [0.25, 0.3) is 0 Å². The third kappa shape index (κ3) is 3.66. The molecule has 1 aliphatic heterocycles. The van der Waals surface area contributed by atoms with Crippen molar-refractivity contribution in [3.63, 3.8) is 0 Å². The lowest BCUT2D eigenvalue weighted by atomic mass is 9.94. The van der Waals surface area contributed by atoms with Crippen LogP contribution in [0.5, 0.6) is 0 Å². The Morgan fingerprint density at radius 2 is 1.89 bits per heavy atom. The molecule has 18 heavy (non-hydrogen) atoms. The average molecular weight is 358 g/mol. The Hall–Kier alpha value is -0.670. The first-order valence-corrected chi connectivity index (χ1v) is 7.22. The SMILES string of the molecule is N#CCC1(I)CCN(Cc2ccc(F)cc2)CC1. The summed E-state index contributed by atoms with van der Waals surface area (Å²) in [6.07, 6.45) is 2.75. The predicted octanol–water partition coefficient (Wildman–Crippen LogP) is 3.51. The zero-order valence-electron chi connectivity index (χ0n) is 10.2. The first-order valence-electron chi connectivity index (χ1n) is 6.14. The lowest BCUT2D eigenvalue weighted by Crippen LogP contribution is -2.40. The number of likely N-dealkylation sites (tertiary alicyclic amines) is 1. The molecule has 0 aromatic heterocycles. The van der Waals surface area contributed by atoms with Crippen LogP contribution in [0.1, 0.15) is 24.8 Å². The smallest absolute Gasteiger partial charge is 0.123 e. The minimum atomic E-state index is -0.183. The van der Waals surface area contributed by atoms with E-state index < -0.39 is 0 Å². The van der Waals surface area contributed by atoms with E-state index in [4.69, 9.17) is 5.26 Å². The second-order valence-electron chi connectivity index (χ2n) is 4.89. The maximum Gasteiger partial charge on any atom is 0.123 e. The summed E-state index contributed by atoms with van der Waals surface area (Å²) in [5.41, 5.74) is 1.15. The third-order valence-electron chi connectivity index (χ3n) is 3.47. The predicted molar refractivity (Wildman–Crippen MR) is 77.9 cm³/mol. The molecule has 4 heteroatoms. The maximum atomic E-state index is 12.8. The highest BCUT2D eigenvalue weighted by Crippen LogP contribution is 2.35. The van der Waals surface area contributed by atoms with Crippen molar-refractivity contribution in [2.24, 2.45) is 0 Å². The van der Waals surface area contributed by atoms with Gasteiger partial charge in [0.15, 0.2) is 0 Å². The zero-order valence-corrected chi connectivity index (χ0v) is 12.4. The Balaban J connectivity index is 1.87. The van der Waals surface area contributed by atoms with E-state index in [9.17, 15) is 4.39 Å². The van der Waals surface area contributed by atoms with E-state index in [0.29, 0.717) is 6.42 Å². The van der Waals surface area contributed by atoms with Gasteiger partial charge in [0.2, 0.25) is 0 Å². The number of halogens is 2. The number of benzene rings is 1. The lowest BCUT2D eigenvalue weighted by Gasteiger charge is -2.36. The molecule has 0 saturated carbocycles. The van der Waals surface area contributed by atoms with E-state index in [1.165, 1.54) is 12.1 Å². The zero-order chi connectivity index (χ0) is 13.0. The summed E-state index contributed by atoms with van der Waals surface area (Å²) in [6.45, 7) is 2.91. The molecule has 2 rings (SSSR count). The number of rotatable bonds is 3. The number of alkyl halides is 1. The summed E-state index contributed by atoms with van der Waals surface area (Å²) in [6, 6.07) is 8.99. The van der Waals surface area contributed by atoms with Crippen molar-refractivity contribution in [2.75, 3.05) is 13.1 Å². The van der Waals surface area contributed by atoms with Crippen molar-refractivity contribution in [3.05, 3.63) is 35.6 Å². The van der Waals surface area contributed by atoms with Crippen LogP contribution in [0.4, 0.5) is 4.39 Å². The molecule has 1 aromatic carbocycles. The number of piperidine rings is 1. The summed E-state index contributed by atoms with van der Waals surface area (Å²) in [7, 11) is 0. The van der Waals surface area contributed by atoms with Gasteiger partial charge in [-0.05, 0) is 43.6 Å². The van der Waals surface area contributed by atoms with Crippen LogP contribution < -0.4 is 0 Å². The van der Waals surface area contributed by atoms with Gasteiger partial charge < -0.3 is 0 Å². The Kier molecular flexibility index (Phi) is 4.57. The van der Waals surface area contributed by atoms with Crippen molar-refractivity contribution in [1.82, 2.24) is 4.90 Å². The van der Waals surface area contributed by atoms with Gasteiger partial charge in [0.1, 0.15) is 5.82 Å². The third-order valence-corrected chi connectivity index (χ3v) is 4.93. The summed E-state index contributed by atoms with van der Waals surface area (Å²) >= 11 is 2.44. The van der Waals surface area contributed by atoms with Crippen LogP contribution in [0.15, 0.2) is 24.3 Å². The van der Waals surface area contributed by atoms with E-state index in [0.717, 1.165) is 38.0 Å². The summed E-state index contributed by atoms with van der Waals surface area (Å²) in [5, 5.41) is 8.81. The van der Waals surface area contributed by atoms with E-state index in [1.807, 2.05) is 12.1 Å². The topological polar surface area (TPSA) is 27.0 Å². The van der Waals surface area contributed by atoms with Gasteiger partial charge in [-0.2, -0.15) is 5.26 Å². The normalized spacial score (nSPS) is 19.4. The van der Waals surface area contributed by atoms with Gasteiger partial charge >= 0.3 is 0 Å². The van der Waals surface area contributed by atoms with Crippen LogP contribution in [0.2, 0.25) is 0 Å². The van der Waals surface area contributed by atoms with Crippen LogP contribution in [0.3, 0.4) is 0 Å². The fraction of sp³-hybridized carbons (Fsp3) is 0.500. The molecule has 0 radical (unpaired) electrons. The average Bonchev–Trinajstić information content (AvgIpc) is 2.35. The second kappa shape index (κ2) is 5.98. The van der Waals surface area contributed by atoms with Gasteiger partial charge in [-0.15, -0.1) is 0 Å². The van der Waals surface area contributed by atoms with Gasteiger partial charge in [0.05, 0.1) is 6.07 Å². The molecule has 2 nitrogen and oxygen atoms in total. The molecule has 0 spiro atoms. The van der Waals surface area contributed by atoms with Gasteiger partial charge in [-0.1, -0.05) is 34.7 Å². The van der Waals surface area contributed by atoms with E-state index in [2.05, 4.69) is 33.6 Å². The number of hydrogen-bond donors (Lipinski definition) is 0. The molecule has 1 fully saturated rings. The van der Waals surface area contributed by atoms with Crippen LogP contribution in [0.25, 0.3) is 0 Å². The molecular weight excluding hydrogens is 342 g/mol. The Bertz CT molecular complexity index is 430. The highest BCUT2D eigenvalue weighted by atomic mass is 127. The molecule has 0 atom stereocenters. The molecule has 0 N–H and O–H groups in total. The summed E-state index contributed by atoms with van der Waals surface area (Å²) < 4.78 is 13.0. The van der Waals surface area contributed by atoms with Crippen LogP contribution >= 0.6 is 22.6 Å². The maximum absolute atomic E-state index is 12.8. The molecule has 1 heterocycles. The van der Waals surface area contributed by atoms with E-state index in [-0.39, 0.29) is 9.24 Å². The number of hydrogen-bond acceptors (Lipinski definition) is 2. The van der Waals surface area contributed by atoms with E-state index in [1.54, 1.807) is 0 Å². The van der Waals surface area contributed by atoms with Gasteiger partial charge in [-0.3, -0.25) is 4.90 Å². The van der Waals surface area contributed by atoms with Crippen molar-refractivity contribution in [3.8, 4) is 6.07 Å². The second-order valence-corrected chi connectivity index (χ2v) is 7.18. The number of nitriles is 1. The highest BCUT2D eigenvalue weighted by molar-refractivity contribution is 14.1. The Morgan fingerprint density at radius 3 is 2.44 bits per heavy atom. The first kappa shape index (κ1) is 13.8. The minimum Gasteiger partial charge on any atom is -0.299 e. The van der Waals surface area contributed by atoms with Crippen LogP contribution in [-0.4, -0.2) is 21.4 Å². The molecular formula is C14H16FIN2. The van der Waals surface area contributed by atoms with E-state index >= 15 is 0 Å².